The van der Waals surface area contributed by atoms with Crippen LogP contribution in [0.1, 0.15) is 31.4 Å². The maximum absolute atomic E-state index is 6.98. The Labute approximate surface area is 91.3 Å². The van der Waals surface area contributed by atoms with Crippen molar-refractivity contribution in [3.8, 4) is 0 Å². The van der Waals surface area contributed by atoms with E-state index >= 15 is 0 Å². The van der Waals surface area contributed by atoms with E-state index in [-0.39, 0.29) is 6.04 Å². The van der Waals surface area contributed by atoms with Gasteiger partial charge in [-0.15, -0.1) is 0 Å². The second kappa shape index (κ2) is 4.35. The molecule has 1 atom stereocenters. The summed E-state index contributed by atoms with van der Waals surface area (Å²) in [6.07, 6.45) is 2.61. The molecular weight excluding hydrogens is 184 g/mol. The first kappa shape index (κ1) is 10.0. The molecule has 0 aliphatic carbocycles. The van der Waals surface area contributed by atoms with Crippen LogP contribution in [0.4, 0.5) is 5.69 Å². The van der Waals surface area contributed by atoms with Gasteiger partial charge in [0.05, 0.1) is 0 Å². The molecule has 2 rings (SSSR count). The summed E-state index contributed by atoms with van der Waals surface area (Å²) in [5.74, 6) is 0. The summed E-state index contributed by atoms with van der Waals surface area (Å²) < 4.78 is 0. The van der Waals surface area contributed by atoms with E-state index in [9.17, 15) is 0 Å². The van der Waals surface area contributed by atoms with Gasteiger partial charge in [0.1, 0.15) is 0 Å². The van der Waals surface area contributed by atoms with E-state index in [1.807, 2.05) is 6.92 Å². The number of nitrogens with zero attached hydrogens (tertiary/aromatic N) is 2. The van der Waals surface area contributed by atoms with E-state index < -0.39 is 0 Å². The lowest BCUT2D eigenvalue weighted by molar-refractivity contribution is 0.946. The highest BCUT2D eigenvalue weighted by Crippen LogP contribution is 2.23. The van der Waals surface area contributed by atoms with Gasteiger partial charge in [-0.3, -0.25) is 0 Å². The molecule has 0 spiro atoms. The lowest BCUT2D eigenvalue weighted by atomic mass is 10.1. The first-order valence-electron chi connectivity index (χ1n) is 5.53. The largest absolute Gasteiger partial charge is 0.372 e. The fourth-order valence-corrected chi connectivity index (χ4v) is 2.01. The molecule has 0 N–H and O–H groups in total. The number of rotatable bonds is 2. The molecule has 2 heteroatoms. The Balaban J connectivity index is 2.13. The van der Waals surface area contributed by atoms with Gasteiger partial charge in [-0.1, -0.05) is 0 Å². The number of hydrogen-bond acceptors (Lipinski definition) is 1. The Morgan fingerprint density at radius 3 is 2.33 bits per heavy atom. The van der Waals surface area contributed by atoms with Crippen LogP contribution < -0.4 is 4.90 Å². The Bertz CT molecular complexity index is 355. The molecule has 1 saturated heterocycles. The zero-order valence-electron chi connectivity index (χ0n) is 9.11. The molecule has 1 unspecified atom stereocenters. The fraction of sp³-hybridized carbons (Fsp3) is 0.462. The van der Waals surface area contributed by atoms with Crippen LogP contribution in [-0.4, -0.2) is 13.1 Å². The van der Waals surface area contributed by atoms with Crippen LogP contribution in [0, 0.1) is 6.57 Å². The van der Waals surface area contributed by atoms with Crippen LogP contribution in [0.3, 0.4) is 0 Å². The quantitative estimate of drug-likeness (QED) is 0.665. The maximum Gasteiger partial charge on any atom is 0.245 e. The second-order valence-corrected chi connectivity index (χ2v) is 4.09. The SMILES string of the molecule is [C-]#[N+]C(C)c1ccc(N2CCCC2)cc1. The third-order valence-electron chi connectivity index (χ3n) is 3.04. The Morgan fingerprint density at radius 2 is 1.80 bits per heavy atom. The van der Waals surface area contributed by atoms with Gasteiger partial charge < -0.3 is 9.74 Å². The van der Waals surface area contributed by atoms with Crippen LogP contribution in [0.5, 0.6) is 0 Å². The van der Waals surface area contributed by atoms with Gasteiger partial charge in [0.15, 0.2) is 0 Å². The molecule has 0 amide bonds. The minimum atomic E-state index is -0.0161. The summed E-state index contributed by atoms with van der Waals surface area (Å²) in [7, 11) is 0. The lowest BCUT2D eigenvalue weighted by Gasteiger charge is -2.17. The van der Waals surface area contributed by atoms with Crippen molar-refractivity contribution in [1.29, 1.82) is 0 Å². The monoisotopic (exact) mass is 200 g/mol. The molecule has 0 saturated carbocycles. The predicted octanol–water partition coefficient (Wildman–Crippen LogP) is 3.27. The van der Waals surface area contributed by atoms with Crippen molar-refractivity contribution < 1.29 is 0 Å². The summed E-state index contributed by atoms with van der Waals surface area (Å²) in [6.45, 7) is 11.3. The molecule has 1 aliphatic rings. The van der Waals surface area contributed by atoms with Crippen molar-refractivity contribution in [3.63, 3.8) is 0 Å². The lowest BCUT2D eigenvalue weighted by Crippen LogP contribution is -2.17. The van der Waals surface area contributed by atoms with Crippen LogP contribution in [0.2, 0.25) is 0 Å². The van der Waals surface area contributed by atoms with Gasteiger partial charge in [0.25, 0.3) is 0 Å². The fourth-order valence-electron chi connectivity index (χ4n) is 2.01. The summed E-state index contributed by atoms with van der Waals surface area (Å²) in [4.78, 5) is 5.93. The molecule has 2 nitrogen and oxygen atoms in total. The highest BCUT2D eigenvalue weighted by atomic mass is 15.1. The molecule has 1 aromatic rings. The highest BCUT2D eigenvalue weighted by molar-refractivity contribution is 5.48. The molecular formula is C13H16N2. The molecule has 1 heterocycles. The van der Waals surface area contributed by atoms with Gasteiger partial charge in [0, 0.05) is 31.3 Å². The van der Waals surface area contributed by atoms with Crippen LogP contribution in [-0.2, 0) is 0 Å². The predicted molar refractivity (Wildman–Crippen MR) is 62.9 cm³/mol. The Morgan fingerprint density at radius 1 is 1.20 bits per heavy atom. The molecule has 0 radical (unpaired) electrons. The van der Waals surface area contributed by atoms with Gasteiger partial charge in [-0.25, -0.2) is 6.57 Å². The van der Waals surface area contributed by atoms with Crippen molar-refractivity contribution >= 4 is 5.69 Å². The zero-order valence-corrected chi connectivity index (χ0v) is 9.11. The van der Waals surface area contributed by atoms with Crippen molar-refractivity contribution in [2.75, 3.05) is 18.0 Å². The molecule has 78 valence electrons. The van der Waals surface area contributed by atoms with E-state index in [1.54, 1.807) is 0 Å². The highest BCUT2D eigenvalue weighted by Gasteiger charge is 2.13. The topological polar surface area (TPSA) is 7.60 Å². The van der Waals surface area contributed by atoms with Crippen molar-refractivity contribution in [2.45, 2.75) is 25.8 Å². The van der Waals surface area contributed by atoms with E-state index in [2.05, 4.69) is 34.0 Å². The summed E-state index contributed by atoms with van der Waals surface area (Å²) in [5, 5.41) is 0. The minimum Gasteiger partial charge on any atom is -0.372 e. The molecule has 0 aromatic heterocycles. The van der Waals surface area contributed by atoms with Gasteiger partial charge in [0.2, 0.25) is 6.04 Å². The van der Waals surface area contributed by atoms with Crippen LogP contribution in [0.25, 0.3) is 4.85 Å². The standard InChI is InChI=1S/C13H16N2/c1-11(14-2)12-5-7-13(8-6-12)15-9-3-4-10-15/h5-8,11H,3-4,9-10H2,1H3. The van der Waals surface area contributed by atoms with Crippen molar-refractivity contribution in [2.24, 2.45) is 0 Å². The third kappa shape index (κ3) is 2.12. The number of anilines is 1. The number of hydrogen-bond donors (Lipinski definition) is 0. The summed E-state index contributed by atoms with van der Waals surface area (Å²) in [5.41, 5.74) is 2.42. The van der Waals surface area contributed by atoms with Crippen LogP contribution >= 0.6 is 0 Å². The smallest absolute Gasteiger partial charge is 0.245 e. The normalized spacial score (nSPS) is 17.5. The van der Waals surface area contributed by atoms with E-state index in [4.69, 9.17) is 6.57 Å². The summed E-state index contributed by atoms with van der Waals surface area (Å²) in [6, 6.07) is 8.43. The number of benzene rings is 1. The molecule has 1 fully saturated rings. The molecule has 1 aromatic carbocycles. The van der Waals surface area contributed by atoms with Gasteiger partial charge >= 0.3 is 0 Å². The van der Waals surface area contributed by atoms with Gasteiger partial charge in [-0.05, 0) is 37.1 Å². The Hall–Kier alpha value is -1.49. The van der Waals surface area contributed by atoms with Crippen molar-refractivity contribution in [3.05, 3.63) is 41.2 Å². The van der Waals surface area contributed by atoms with Gasteiger partial charge in [-0.2, -0.15) is 0 Å². The van der Waals surface area contributed by atoms with E-state index in [1.165, 1.54) is 31.6 Å². The van der Waals surface area contributed by atoms with E-state index in [0.29, 0.717) is 0 Å². The first-order chi connectivity index (χ1) is 7.31. The molecule has 15 heavy (non-hydrogen) atoms. The average molecular weight is 200 g/mol. The third-order valence-corrected chi connectivity index (χ3v) is 3.04. The Kier molecular flexibility index (Phi) is 2.91. The zero-order chi connectivity index (χ0) is 10.7. The van der Waals surface area contributed by atoms with Crippen LogP contribution in [0.15, 0.2) is 24.3 Å². The summed E-state index contributed by atoms with van der Waals surface area (Å²) >= 11 is 0. The van der Waals surface area contributed by atoms with Crippen molar-refractivity contribution in [1.82, 2.24) is 0 Å². The first-order valence-corrected chi connectivity index (χ1v) is 5.53. The second-order valence-electron chi connectivity index (χ2n) is 4.09. The average Bonchev–Trinajstić information content (AvgIpc) is 2.82. The molecule has 1 aliphatic heterocycles. The van der Waals surface area contributed by atoms with E-state index in [0.717, 1.165) is 5.56 Å². The maximum atomic E-state index is 6.98. The molecule has 0 bridgehead atoms. The minimum absolute atomic E-state index is 0.0161.